The Hall–Kier alpha value is -1.35. The Balaban J connectivity index is 1.81. The number of carbonyl (C=O) groups excluding carboxylic acids is 1. The number of aryl methyl sites for hydroxylation is 1. The highest BCUT2D eigenvalue weighted by atomic mass is 16.6. The largest absolute Gasteiger partial charge is 0.460 e. The van der Waals surface area contributed by atoms with Crippen molar-refractivity contribution in [2.75, 3.05) is 6.54 Å². The van der Waals surface area contributed by atoms with E-state index in [0.29, 0.717) is 6.42 Å². The number of hydrogen-bond donors (Lipinski definition) is 1. The Bertz CT molecular complexity index is 474. The van der Waals surface area contributed by atoms with Gasteiger partial charge in [-0.2, -0.15) is 0 Å². The van der Waals surface area contributed by atoms with Gasteiger partial charge >= 0.3 is 5.97 Å². The Morgan fingerprint density at radius 1 is 1.30 bits per heavy atom. The fourth-order valence-corrected chi connectivity index (χ4v) is 2.52. The summed E-state index contributed by atoms with van der Waals surface area (Å²) in [6.45, 7) is 7.76. The van der Waals surface area contributed by atoms with Gasteiger partial charge in [0.2, 0.25) is 0 Å². The maximum Gasteiger partial charge on any atom is 0.306 e. The maximum absolute atomic E-state index is 11.7. The normalized spacial score (nSPS) is 14.8. The molecule has 1 N–H and O–H groups in total. The molecule has 2 rings (SSSR count). The Labute approximate surface area is 121 Å². The smallest absolute Gasteiger partial charge is 0.306 e. The van der Waals surface area contributed by atoms with E-state index >= 15 is 0 Å². The van der Waals surface area contributed by atoms with Crippen LogP contribution in [0.4, 0.5) is 0 Å². The molecule has 0 spiro atoms. The zero-order valence-electron chi connectivity index (χ0n) is 12.8. The molecule has 0 bridgehead atoms. The summed E-state index contributed by atoms with van der Waals surface area (Å²) in [5.41, 5.74) is 3.82. The molecule has 0 saturated heterocycles. The van der Waals surface area contributed by atoms with Crippen LogP contribution in [0.15, 0.2) is 18.2 Å². The third-order valence-corrected chi connectivity index (χ3v) is 3.42. The van der Waals surface area contributed by atoms with E-state index in [1.54, 1.807) is 0 Å². The number of esters is 1. The molecule has 0 aliphatic carbocycles. The average Bonchev–Trinajstić information content (AvgIpc) is 2.36. The first kappa shape index (κ1) is 15.0. The molecule has 1 aliphatic rings. The van der Waals surface area contributed by atoms with E-state index in [1.807, 2.05) is 20.8 Å². The zero-order chi connectivity index (χ0) is 14.6. The summed E-state index contributed by atoms with van der Waals surface area (Å²) >= 11 is 0. The lowest BCUT2D eigenvalue weighted by molar-refractivity contribution is -0.154. The highest BCUT2D eigenvalue weighted by Crippen LogP contribution is 2.17. The van der Waals surface area contributed by atoms with Crippen LogP contribution < -0.4 is 5.32 Å². The van der Waals surface area contributed by atoms with Gasteiger partial charge < -0.3 is 10.1 Å². The zero-order valence-corrected chi connectivity index (χ0v) is 12.8. The van der Waals surface area contributed by atoms with E-state index in [0.717, 1.165) is 32.4 Å². The molecular formula is C17H25NO2. The van der Waals surface area contributed by atoms with Crippen molar-refractivity contribution < 1.29 is 9.53 Å². The van der Waals surface area contributed by atoms with Crippen LogP contribution in [0.2, 0.25) is 0 Å². The average molecular weight is 275 g/mol. The van der Waals surface area contributed by atoms with Crippen molar-refractivity contribution in [3.05, 3.63) is 34.9 Å². The fraction of sp³-hybridized carbons (Fsp3) is 0.588. The van der Waals surface area contributed by atoms with Gasteiger partial charge in [-0.3, -0.25) is 4.79 Å². The molecular weight excluding hydrogens is 250 g/mol. The summed E-state index contributed by atoms with van der Waals surface area (Å²) < 4.78 is 5.32. The predicted octanol–water partition coefficient (Wildman–Crippen LogP) is 3.00. The van der Waals surface area contributed by atoms with Gasteiger partial charge in [-0.05, 0) is 63.3 Å². The third-order valence-electron chi connectivity index (χ3n) is 3.42. The minimum absolute atomic E-state index is 0.0975. The Morgan fingerprint density at radius 2 is 2.10 bits per heavy atom. The van der Waals surface area contributed by atoms with Crippen LogP contribution in [-0.4, -0.2) is 18.1 Å². The predicted molar refractivity (Wildman–Crippen MR) is 80.6 cm³/mol. The quantitative estimate of drug-likeness (QED) is 0.859. The third kappa shape index (κ3) is 4.64. The van der Waals surface area contributed by atoms with Crippen molar-refractivity contribution in [1.29, 1.82) is 0 Å². The fourth-order valence-electron chi connectivity index (χ4n) is 2.52. The number of rotatable bonds is 4. The van der Waals surface area contributed by atoms with E-state index in [1.165, 1.54) is 16.7 Å². The summed E-state index contributed by atoms with van der Waals surface area (Å²) in [6, 6.07) is 6.69. The highest BCUT2D eigenvalue weighted by Gasteiger charge is 2.15. The van der Waals surface area contributed by atoms with Crippen LogP contribution >= 0.6 is 0 Å². The first-order valence-electron chi connectivity index (χ1n) is 7.47. The molecule has 3 heteroatoms. The van der Waals surface area contributed by atoms with Gasteiger partial charge in [-0.15, -0.1) is 0 Å². The number of nitrogens with one attached hydrogen (secondary N) is 1. The number of benzene rings is 1. The standard InChI is InChI=1S/C17H25NO2/c1-17(2,3)20-16(19)6-4-5-13-7-8-15-12-18-10-9-14(15)11-13/h7-8,11,18H,4-6,9-10,12H2,1-3H3. The van der Waals surface area contributed by atoms with Crippen molar-refractivity contribution in [3.8, 4) is 0 Å². The lowest BCUT2D eigenvalue weighted by atomic mass is 9.96. The van der Waals surface area contributed by atoms with E-state index < -0.39 is 0 Å². The molecule has 0 amide bonds. The van der Waals surface area contributed by atoms with Crippen LogP contribution in [0.3, 0.4) is 0 Å². The maximum atomic E-state index is 11.7. The second-order valence-electron chi connectivity index (χ2n) is 6.47. The molecule has 110 valence electrons. The summed E-state index contributed by atoms with van der Waals surface area (Å²) in [5.74, 6) is -0.0975. The van der Waals surface area contributed by atoms with E-state index in [4.69, 9.17) is 4.74 Å². The van der Waals surface area contributed by atoms with E-state index in [2.05, 4.69) is 23.5 Å². The molecule has 1 heterocycles. The molecule has 0 unspecified atom stereocenters. The monoisotopic (exact) mass is 275 g/mol. The van der Waals surface area contributed by atoms with Gasteiger partial charge in [0.05, 0.1) is 0 Å². The molecule has 1 aromatic carbocycles. The number of carbonyl (C=O) groups is 1. The lowest BCUT2D eigenvalue weighted by Gasteiger charge is -2.19. The van der Waals surface area contributed by atoms with Crippen molar-refractivity contribution in [1.82, 2.24) is 5.32 Å². The van der Waals surface area contributed by atoms with Crippen molar-refractivity contribution in [2.24, 2.45) is 0 Å². The first-order chi connectivity index (χ1) is 9.44. The first-order valence-corrected chi connectivity index (χ1v) is 7.47. The molecule has 0 radical (unpaired) electrons. The van der Waals surface area contributed by atoms with Crippen LogP contribution in [0.1, 0.15) is 50.3 Å². The van der Waals surface area contributed by atoms with E-state index in [-0.39, 0.29) is 11.6 Å². The van der Waals surface area contributed by atoms with Crippen LogP contribution in [0.5, 0.6) is 0 Å². The molecule has 0 atom stereocenters. The van der Waals surface area contributed by atoms with Gasteiger partial charge in [0.1, 0.15) is 5.60 Å². The lowest BCUT2D eigenvalue weighted by Crippen LogP contribution is -2.24. The van der Waals surface area contributed by atoms with Gasteiger partial charge in [0.25, 0.3) is 0 Å². The van der Waals surface area contributed by atoms with Gasteiger partial charge in [0.15, 0.2) is 0 Å². The van der Waals surface area contributed by atoms with Gasteiger partial charge in [-0.25, -0.2) is 0 Å². The molecule has 3 nitrogen and oxygen atoms in total. The number of hydrogen-bond acceptors (Lipinski definition) is 3. The SMILES string of the molecule is CC(C)(C)OC(=O)CCCc1ccc2c(c1)CCNC2. The topological polar surface area (TPSA) is 38.3 Å². The Morgan fingerprint density at radius 3 is 2.85 bits per heavy atom. The minimum Gasteiger partial charge on any atom is -0.460 e. The Kier molecular flexibility index (Phi) is 4.81. The van der Waals surface area contributed by atoms with Crippen molar-refractivity contribution in [2.45, 2.75) is 58.6 Å². The summed E-state index contributed by atoms with van der Waals surface area (Å²) in [6.07, 6.45) is 3.40. The molecule has 0 saturated carbocycles. The molecule has 20 heavy (non-hydrogen) atoms. The van der Waals surface area contributed by atoms with Crippen molar-refractivity contribution in [3.63, 3.8) is 0 Å². The number of fused-ring (bicyclic) bond motifs is 1. The van der Waals surface area contributed by atoms with Gasteiger partial charge in [0, 0.05) is 13.0 Å². The van der Waals surface area contributed by atoms with Crippen LogP contribution in [0.25, 0.3) is 0 Å². The second kappa shape index (κ2) is 6.40. The summed E-state index contributed by atoms with van der Waals surface area (Å²) in [7, 11) is 0. The van der Waals surface area contributed by atoms with Crippen molar-refractivity contribution >= 4 is 5.97 Å². The van der Waals surface area contributed by atoms with E-state index in [9.17, 15) is 4.79 Å². The second-order valence-corrected chi connectivity index (χ2v) is 6.47. The minimum atomic E-state index is -0.379. The molecule has 1 aliphatic heterocycles. The highest BCUT2D eigenvalue weighted by molar-refractivity contribution is 5.69. The summed E-state index contributed by atoms with van der Waals surface area (Å²) in [4.78, 5) is 11.7. The van der Waals surface area contributed by atoms with Gasteiger partial charge in [-0.1, -0.05) is 18.2 Å². The molecule has 0 aromatic heterocycles. The number of ether oxygens (including phenoxy) is 1. The van der Waals surface area contributed by atoms with Crippen LogP contribution in [0, 0.1) is 0 Å². The summed E-state index contributed by atoms with van der Waals surface area (Å²) in [5, 5.41) is 3.38. The molecule has 1 aromatic rings. The van der Waals surface area contributed by atoms with Crippen LogP contribution in [-0.2, 0) is 28.9 Å². The molecule has 0 fully saturated rings.